The number of carbonyl (C=O) groups is 1. The van der Waals surface area contributed by atoms with E-state index in [1.165, 1.54) is 0 Å². The Kier molecular flexibility index (Phi) is 4.53. The molecule has 3 heteroatoms. The highest BCUT2D eigenvalue weighted by molar-refractivity contribution is 5.81. The summed E-state index contributed by atoms with van der Waals surface area (Å²) < 4.78 is 0. The minimum atomic E-state index is -1.11. The zero-order valence-corrected chi connectivity index (χ0v) is 11.8. The maximum atomic E-state index is 12.2. The molecule has 0 aromatic heterocycles. The quantitative estimate of drug-likeness (QED) is 0.927. The van der Waals surface area contributed by atoms with Crippen molar-refractivity contribution in [3.05, 3.63) is 71.3 Å². The molecule has 104 valence electrons. The van der Waals surface area contributed by atoms with E-state index in [4.69, 9.17) is 0 Å². The number of rotatable bonds is 4. The van der Waals surface area contributed by atoms with Crippen LogP contribution in [-0.4, -0.2) is 23.0 Å². The molecule has 0 aliphatic rings. The summed E-state index contributed by atoms with van der Waals surface area (Å²) in [5, 5.41) is 10.1. The number of nitrogens with zero attached hydrogens (tertiary/aromatic N) is 1. The van der Waals surface area contributed by atoms with Crippen molar-refractivity contribution in [3.8, 4) is 0 Å². The average Bonchev–Trinajstić information content (AvgIpc) is 2.47. The van der Waals surface area contributed by atoms with Crippen LogP contribution in [-0.2, 0) is 11.3 Å². The second kappa shape index (κ2) is 6.35. The van der Waals surface area contributed by atoms with Crippen molar-refractivity contribution in [2.24, 2.45) is 0 Å². The second-order valence-electron chi connectivity index (χ2n) is 4.99. The summed E-state index contributed by atoms with van der Waals surface area (Å²) in [4.78, 5) is 13.8. The van der Waals surface area contributed by atoms with Gasteiger partial charge in [0.1, 0.15) is 0 Å². The molecule has 0 aliphatic heterocycles. The van der Waals surface area contributed by atoms with Crippen LogP contribution in [0.3, 0.4) is 0 Å². The van der Waals surface area contributed by atoms with Crippen molar-refractivity contribution < 1.29 is 9.90 Å². The third-order valence-corrected chi connectivity index (χ3v) is 3.27. The number of aliphatic hydroxyl groups is 1. The number of hydrogen-bond donors (Lipinski definition) is 1. The van der Waals surface area contributed by atoms with E-state index in [-0.39, 0.29) is 5.91 Å². The van der Waals surface area contributed by atoms with Crippen LogP contribution in [0.25, 0.3) is 0 Å². The third kappa shape index (κ3) is 3.45. The lowest BCUT2D eigenvalue weighted by atomic mass is 10.1. The first-order chi connectivity index (χ1) is 9.58. The summed E-state index contributed by atoms with van der Waals surface area (Å²) >= 11 is 0. The summed E-state index contributed by atoms with van der Waals surface area (Å²) in [5.74, 6) is -0.294. The van der Waals surface area contributed by atoms with Crippen molar-refractivity contribution in [1.29, 1.82) is 0 Å². The lowest BCUT2D eigenvalue weighted by molar-refractivity contribution is -0.139. The minimum Gasteiger partial charge on any atom is -0.378 e. The van der Waals surface area contributed by atoms with Crippen molar-refractivity contribution in [1.82, 2.24) is 4.90 Å². The Morgan fingerprint density at radius 1 is 1.10 bits per heavy atom. The van der Waals surface area contributed by atoms with Gasteiger partial charge >= 0.3 is 0 Å². The molecule has 1 N–H and O–H groups in total. The van der Waals surface area contributed by atoms with E-state index in [0.29, 0.717) is 12.1 Å². The molecule has 0 aliphatic carbocycles. The van der Waals surface area contributed by atoms with Crippen LogP contribution in [0.15, 0.2) is 54.6 Å². The van der Waals surface area contributed by atoms with Crippen LogP contribution in [0.4, 0.5) is 0 Å². The van der Waals surface area contributed by atoms with Gasteiger partial charge in [0, 0.05) is 13.6 Å². The second-order valence-corrected chi connectivity index (χ2v) is 4.99. The predicted molar refractivity (Wildman–Crippen MR) is 79.1 cm³/mol. The van der Waals surface area contributed by atoms with Gasteiger partial charge < -0.3 is 10.0 Å². The monoisotopic (exact) mass is 269 g/mol. The Labute approximate surface area is 119 Å². The summed E-state index contributed by atoms with van der Waals surface area (Å²) in [5.41, 5.74) is 2.77. The van der Waals surface area contributed by atoms with Gasteiger partial charge in [0.2, 0.25) is 0 Å². The molecule has 3 nitrogen and oxygen atoms in total. The third-order valence-electron chi connectivity index (χ3n) is 3.27. The highest BCUT2D eigenvalue weighted by Gasteiger charge is 2.21. The van der Waals surface area contributed by atoms with E-state index in [9.17, 15) is 9.90 Å². The van der Waals surface area contributed by atoms with E-state index in [0.717, 1.165) is 11.1 Å². The Balaban J connectivity index is 2.04. The molecule has 0 heterocycles. The van der Waals surface area contributed by atoms with Crippen LogP contribution in [0.1, 0.15) is 22.8 Å². The smallest absolute Gasteiger partial charge is 0.256 e. The SMILES string of the molecule is Cc1ccc(C(O)C(=O)N(C)Cc2ccccc2)cc1. The van der Waals surface area contributed by atoms with Gasteiger partial charge in [0.25, 0.3) is 5.91 Å². The largest absolute Gasteiger partial charge is 0.378 e. The van der Waals surface area contributed by atoms with Crippen LogP contribution in [0, 0.1) is 6.92 Å². The average molecular weight is 269 g/mol. The molecular weight excluding hydrogens is 250 g/mol. The highest BCUT2D eigenvalue weighted by atomic mass is 16.3. The van der Waals surface area contributed by atoms with Gasteiger partial charge in [0.15, 0.2) is 6.10 Å². The zero-order chi connectivity index (χ0) is 14.5. The Hall–Kier alpha value is -2.13. The number of benzene rings is 2. The Morgan fingerprint density at radius 3 is 2.30 bits per heavy atom. The van der Waals surface area contributed by atoms with E-state index < -0.39 is 6.10 Å². The lowest BCUT2D eigenvalue weighted by Gasteiger charge is -2.21. The summed E-state index contributed by atoms with van der Waals surface area (Å²) in [6, 6.07) is 17.1. The Morgan fingerprint density at radius 2 is 1.70 bits per heavy atom. The van der Waals surface area contributed by atoms with Crippen molar-refractivity contribution in [2.75, 3.05) is 7.05 Å². The van der Waals surface area contributed by atoms with Gasteiger partial charge in [-0.15, -0.1) is 0 Å². The van der Waals surface area contributed by atoms with Crippen molar-refractivity contribution >= 4 is 5.91 Å². The molecule has 20 heavy (non-hydrogen) atoms. The molecule has 2 aromatic rings. The molecule has 0 fully saturated rings. The molecule has 0 spiro atoms. The summed E-state index contributed by atoms with van der Waals surface area (Å²) in [6.07, 6.45) is -1.11. The standard InChI is InChI=1S/C17H19NO2/c1-13-8-10-15(11-9-13)16(19)17(20)18(2)12-14-6-4-3-5-7-14/h3-11,16,19H,12H2,1-2H3. The van der Waals surface area contributed by atoms with E-state index in [1.54, 1.807) is 24.1 Å². The molecular formula is C17H19NO2. The van der Waals surface area contributed by atoms with Crippen LogP contribution < -0.4 is 0 Å². The molecule has 2 rings (SSSR count). The topological polar surface area (TPSA) is 40.5 Å². The number of likely N-dealkylation sites (N-methyl/N-ethyl adjacent to an activating group) is 1. The highest BCUT2D eigenvalue weighted by Crippen LogP contribution is 2.17. The maximum absolute atomic E-state index is 12.2. The number of aliphatic hydroxyl groups excluding tert-OH is 1. The number of hydrogen-bond acceptors (Lipinski definition) is 2. The van der Waals surface area contributed by atoms with Crippen LogP contribution in [0.5, 0.6) is 0 Å². The van der Waals surface area contributed by atoms with E-state index in [2.05, 4.69) is 0 Å². The van der Waals surface area contributed by atoms with Gasteiger partial charge in [-0.05, 0) is 18.1 Å². The van der Waals surface area contributed by atoms with Crippen molar-refractivity contribution in [2.45, 2.75) is 19.6 Å². The first-order valence-electron chi connectivity index (χ1n) is 6.61. The normalized spacial score (nSPS) is 11.9. The maximum Gasteiger partial charge on any atom is 0.256 e. The van der Waals surface area contributed by atoms with Gasteiger partial charge in [-0.3, -0.25) is 4.79 Å². The molecule has 0 saturated carbocycles. The molecule has 1 atom stereocenters. The fourth-order valence-corrected chi connectivity index (χ4v) is 2.04. The van der Waals surface area contributed by atoms with Crippen LogP contribution in [0.2, 0.25) is 0 Å². The molecule has 1 amide bonds. The van der Waals surface area contributed by atoms with Gasteiger partial charge in [0.05, 0.1) is 0 Å². The Bertz CT molecular complexity index is 563. The summed E-state index contributed by atoms with van der Waals surface area (Å²) in [6.45, 7) is 2.46. The molecule has 1 unspecified atom stereocenters. The predicted octanol–water partition coefficient (Wildman–Crippen LogP) is 2.69. The molecule has 0 saturated heterocycles. The molecule has 2 aromatic carbocycles. The van der Waals surface area contributed by atoms with E-state index >= 15 is 0 Å². The minimum absolute atomic E-state index is 0.294. The fraction of sp³-hybridized carbons (Fsp3) is 0.235. The fourth-order valence-electron chi connectivity index (χ4n) is 2.04. The molecule has 0 bridgehead atoms. The van der Waals surface area contributed by atoms with Gasteiger partial charge in [-0.1, -0.05) is 60.2 Å². The van der Waals surface area contributed by atoms with Crippen molar-refractivity contribution in [3.63, 3.8) is 0 Å². The lowest BCUT2D eigenvalue weighted by Crippen LogP contribution is -2.31. The zero-order valence-electron chi connectivity index (χ0n) is 11.8. The first kappa shape index (κ1) is 14.3. The van der Waals surface area contributed by atoms with E-state index in [1.807, 2.05) is 49.4 Å². The number of aryl methyl sites for hydroxylation is 1. The summed E-state index contributed by atoms with van der Waals surface area (Å²) in [7, 11) is 1.70. The number of carbonyl (C=O) groups excluding carboxylic acids is 1. The van der Waals surface area contributed by atoms with Crippen LogP contribution >= 0.6 is 0 Å². The van der Waals surface area contributed by atoms with Gasteiger partial charge in [-0.2, -0.15) is 0 Å². The number of amides is 1. The molecule has 0 radical (unpaired) electrons. The first-order valence-corrected chi connectivity index (χ1v) is 6.61. The van der Waals surface area contributed by atoms with Gasteiger partial charge in [-0.25, -0.2) is 0 Å².